The standard InChI is InChI=1S/C11H9F2N3O2S/c1-16-11(19-5-9(17)18)14-10(15-16)7-4-6(12)2-3-8(7)13/h2-4H,5H2,1H3,(H,17,18). The molecule has 1 aromatic heterocycles. The molecule has 0 saturated carbocycles. The predicted octanol–water partition coefficient (Wildman–Crippen LogP) is 1.94. The Morgan fingerprint density at radius 3 is 2.89 bits per heavy atom. The largest absolute Gasteiger partial charge is 0.481 e. The Morgan fingerprint density at radius 1 is 1.47 bits per heavy atom. The van der Waals surface area contributed by atoms with Crippen LogP contribution in [-0.2, 0) is 11.8 Å². The minimum Gasteiger partial charge on any atom is -0.481 e. The number of thioether (sulfide) groups is 1. The maximum atomic E-state index is 13.6. The van der Waals surface area contributed by atoms with Crippen molar-refractivity contribution in [3.8, 4) is 11.4 Å². The molecular formula is C11H9F2N3O2S. The molecule has 8 heteroatoms. The van der Waals surface area contributed by atoms with Gasteiger partial charge in [-0.05, 0) is 18.2 Å². The van der Waals surface area contributed by atoms with Gasteiger partial charge in [0, 0.05) is 7.05 Å². The summed E-state index contributed by atoms with van der Waals surface area (Å²) in [5.41, 5.74) is -0.0576. The van der Waals surface area contributed by atoms with E-state index in [1.807, 2.05) is 0 Å². The summed E-state index contributed by atoms with van der Waals surface area (Å²) < 4.78 is 28.0. The number of rotatable bonds is 4. The predicted molar refractivity (Wildman–Crippen MR) is 64.7 cm³/mol. The third-order valence-corrected chi connectivity index (χ3v) is 3.22. The average molecular weight is 285 g/mol. The van der Waals surface area contributed by atoms with Crippen molar-refractivity contribution in [2.75, 3.05) is 5.75 Å². The van der Waals surface area contributed by atoms with Crippen molar-refractivity contribution in [2.45, 2.75) is 5.16 Å². The first kappa shape index (κ1) is 13.5. The van der Waals surface area contributed by atoms with Gasteiger partial charge in [-0.2, -0.15) is 5.10 Å². The van der Waals surface area contributed by atoms with Crippen LogP contribution in [0.5, 0.6) is 0 Å². The van der Waals surface area contributed by atoms with Gasteiger partial charge in [-0.3, -0.25) is 4.79 Å². The molecule has 1 N–H and O–H groups in total. The molecule has 0 bridgehead atoms. The Bertz CT molecular complexity index is 630. The second kappa shape index (κ2) is 5.35. The number of hydrogen-bond donors (Lipinski definition) is 1. The van der Waals surface area contributed by atoms with E-state index in [1.54, 1.807) is 7.05 Å². The summed E-state index contributed by atoms with van der Waals surface area (Å²) in [6, 6.07) is 2.99. The highest BCUT2D eigenvalue weighted by molar-refractivity contribution is 7.99. The van der Waals surface area contributed by atoms with Gasteiger partial charge in [0.25, 0.3) is 0 Å². The summed E-state index contributed by atoms with van der Waals surface area (Å²) in [6.07, 6.45) is 0. The van der Waals surface area contributed by atoms with E-state index in [0.717, 1.165) is 30.0 Å². The number of halogens is 2. The molecule has 0 spiro atoms. The third-order valence-electron chi connectivity index (χ3n) is 2.22. The number of aryl methyl sites for hydroxylation is 1. The summed E-state index contributed by atoms with van der Waals surface area (Å²) in [5, 5.41) is 12.8. The van der Waals surface area contributed by atoms with Crippen LogP contribution in [0, 0.1) is 11.6 Å². The quantitative estimate of drug-likeness (QED) is 0.869. The van der Waals surface area contributed by atoms with Crippen molar-refractivity contribution in [1.82, 2.24) is 14.8 Å². The first-order valence-corrected chi connectivity index (χ1v) is 6.17. The second-order valence-electron chi connectivity index (χ2n) is 3.65. The van der Waals surface area contributed by atoms with Crippen molar-refractivity contribution in [1.29, 1.82) is 0 Å². The lowest BCUT2D eigenvalue weighted by Crippen LogP contribution is -2.00. The lowest BCUT2D eigenvalue weighted by atomic mass is 10.2. The summed E-state index contributed by atoms with van der Waals surface area (Å²) in [7, 11) is 1.55. The molecule has 19 heavy (non-hydrogen) atoms. The summed E-state index contributed by atoms with van der Waals surface area (Å²) in [4.78, 5) is 14.5. The molecule has 5 nitrogen and oxygen atoms in total. The van der Waals surface area contributed by atoms with Crippen LogP contribution in [0.3, 0.4) is 0 Å². The van der Waals surface area contributed by atoms with Gasteiger partial charge in [0.15, 0.2) is 11.0 Å². The Hall–Kier alpha value is -1.96. The number of hydrogen-bond acceptors (Lipinski definition) is 4. The van der Waals surface area contributed by atoms with Crippen LogP contribution in [0.25, 0.3) is 11.4 Å². The molecule has 0 unspecified atom stereocenters. The van der Waals surface area contributed by atoms with Crippen LogP contribution in [0.4, 0.5) is 8.78 Å². The Balaban J connectivity index is 2.33. The van der Waals surface area contributed by atoms with Crippen molar-refractivity contribution >= 4 is 17.7 Å². The zero-order valence-corrected chi connectivity index (χ0v) is 10.6. The van der Waals surface area contributed by atoms with Crippen molar-refractivity contribution in [3.05, 3.63) is 29.8 Å². The van der Waals surface area contributed by atoms with Gasteiger partial charge in [0.2, 0.25) is 0 Å². The van der Waals surface area contributed by atoms with E-state index in [0.29, 0.717) is 5.16 Å². The molecule has 0 aliphatic rings. The smallest absolute Gasteiger partial charge is 0.313 e. The van der Waals surface area contributed by atoms with Crippen LogP contribution in [0.15, 0.2) is 23.4 Å². The van der Waals surface area contributed by atoms with Gasteiger partial charge in [0.05, 0.1) is 11.3 Å². The zero-order chi connectivity index (χ0) is 14.0. The van der Waals surface area contributed by atoms with E-state index in [9.17, 15) is 13.6 Å². The molecule has 2 rings (SSSR count). The average Bonchev–Trinajstić information content (AvgIpc) is 2.71. The van der Waals surface area contributed by atoms with E-state index < -0.39 is 17.6 Å². The number of aliphatic carboxylic acids is 1. The molecule has 0 amide bonds. The number of nitrogens with zero attached hydrogens (tertiary/aromatic N) is 3. The van der Waals surface area contributed by atoms with Gasteiger partial charge in [-0.15, -0.1) is 0 Å². The Morgan fingerprint density at radius 2 is 2.21 bits per heavy atom. The van der Waals surface area contributed by atoms with E-state index >= 15 is 0 Å². The van der Waals surface area contributed by atoms with Crippen molar-refractivity contribution in [3.63, 3.8) is 0 Å². The van der Waals surface area contributed by atoms with E-state index in [-0.39, 0.29) is 17.1 Å². The van der Waals surface area contributed by atoms with Gasteiger partial charge in [0.1, 0.15) is 11.6 Å². The molecular weight excluding hydrogens is 276 g/mol. The minimum atomic E-state index is -0.994. The van der Waals surface area contributed by atoms with Gasteiger partial charge in [-0.25, -0.2) is 18.4 Å². The number of benzene rings is 1. The summed E-state index contributed by atoms with van der Waals surface area (Å²) in [5.74, 6) is -2.39. The molecule has 2 aromatic rings. The van der Waals surface area contributed by atoms with Gasteiger partial charge in [-0.1, -0.05) is 11.8 Å². The fourth-order valence-electron chi connectivity index (χ4n) is 1.41. The molecule has 0 aliphatic heterocycles. The summed E-state index contributed by atoms with van der Waals surface area (Å²) in [6.45, 7) is 0. The zero-order valence-electron chi connectivity index (χ0n) is 9.80. The monoisotopic (exact) mass is 285 g/mol. The van der Waals surface area contributed by atoms with Crippen LogP contribution in [-0.4, -0.2) is 31.6 Å². The van der Waals surface area contributed by atoms with Gasteiger partial charge < -0.3 is 5.11 Å². The normalized spacial score (nSPS) is 10.7. The van der Waals surface area contributed by atoms with E-state index in [2.05, 4.69) is 10.1 Å². The molecule has 0 fully saturated rings. The Kier molecular flexibility index (Phi) is 3.79. The number of carboxylic acid groups (broad SMARTS) is 1. The SMILES string of the molecule is Cn1nc(-c2cc(F)ccc2F)nc1SCC(=O)O. The topological polar surface area (TPSA) is 68.0 Å². The molecule has 1 heterocycles. The maximum Gasteiger partial charge on any atom is 0.313 e. The fourth-order valence-corrected chi connectivity index (χ4v) is 2.04. The van der Waals surface area contributed by atoms with Crippen molar-refractivity contribution < 1.29 is 18.7 Å². The van der Waals surface area contributed by atoms with Crippen LogP contribution >= 0.6 is 11.8 Å². The van der Waals surface area contributed by atoms with E-state index in [4.69, 9.17) is 5.11 Å². The lowest BCUT2D eigenvalue weighted by Gasteiger charge is -1.97. The first-order valence-electron chi connectivity index (χ1n) is 5.18. The number of aromatic nitrogens is 3. The van der Waals surface area contributed by atoms with E-state index in [1.165, 1.54) is 4.68 Å². The molecule has 0 saturated heterocycles. The highest BCUT2D eigenvalue weighted by Crippen LogP contribution is 2.23. The highest BCUT2D eigenvalue weighted by atomic mass is 32.2. The fraction of sp³-hybridized carbons (Fsp3) is 0.182. The molecule has 100 valence electrons. The number of carboxylic acids is 1. The minimum absolute atomic E-state index is 0.0207. The third kappa shape index (κ3) is 3.08. The van der Waals surface area contributed by atoms with Crippen LogP contribution < -0.4 is 0 Å². The van der Waals surface area contributed by atoms with Gasteiger partial charge >= 0.3 is 5.97 Å². The number of carbonyl (C=O) groups is 1. The van der Waals surface area contributed by atoms with Crippen LogP contribution in [0.1, 0.15) is 0 Å². The van der Waals surface area contributed by atoms with Crippen LogP contribution in [0.2, 0.25) is 0 Å². The lowest BCUT2D eigenvalue weighted by molar-refractivity contribution is -0.133. The highest BCUT2D eigenvalue weighted by Gasteiger charge is 2.15. The first-order chi connectivity index (χ1) is 8.97. The molecule has 0 atom stereocenters. The molecule has 1 aromatic carbocycles. The maximum absolute atomic E-state index is 13.6. The summed E-state index contributed by atoms with van der Waals surface area (Å²) >= 11 is 0.954. The molecule has 0 aliphatic carbocycles. The Labute approximate surface area is 111 Å². The molecule has 0 radical (unpaired) electrons. The van der Waals surface area contributed by atoms with Crippen molar-refractivity contribution in [2.24, 2.45) is 7.05 Å². The second-order valence-corrected chi connectivity index (χ2v) is 4.59.